The predicted octanol–water partition coefficient (Wildman–Crippen LogP) is 3.32. The molecular formula is C16H26N2. The van der Waals surface area contributed by atoms with E-state index in [4.69, 9.17) is 5.73 Å². The van der Waals surface area contributed by atoms with Crippen molar-refractivity contribution in [3.05, 3.63) is 29.8 Å². The van der Waals surface area contributed by atoms with E-state index in [2.05, 4.69) is 24.1 Å². The van der Waals surface area contributed by atoms with Crippen LogP contribution >= 0.6 is 0 Å². The van der Waals surface area contributed by atoms with Gasteiger partial charge in [-0.1, -0.05) is 25.0 Å². The van der Waals surface area contributed by atoms with E-state index in [0.29, 0.717) is 0 Å². The third-order valence-electron chi connectivity index (χ3n) is 4.03. The Balaban J connectivity index is 1.63. The molecule has 2 N–H and O–H groups in total. The van der Waals surface area contributed by atoms with Crippen molar-refractivity contribution in [2.75, 3.05) is 25.9 Å². The molecule has 1 aliphatic rings. The first-order valence-corrected chi connectivity index (χ1v) is 7.27. The van der Waals surface area contributed by atoms with E-state index in [0.717, 1.165) is 18.0 Å². The zero-order valence-corrected chi connectivity index (χ0v) is 11.6. The maximum Gasteiger partial charge on any atom is 0.0314 e. The van der Waals surface area contributed by atoms with Crippen molar-refractivity contribution < 1.29 is 0 Å². The van der Waals surface area contributed by atoms with Crippen molar-refractivity contribution in [3.63, 3.8) is 0 Å². The summed E-state index contributed by atoms with van der Waals surface area (Å²) in [6, 6.07) is 8.29. The number of rotatable bonds is 6. The third-order valence-corrected chi connectivity index (χ3v) is 4.03. The van der Waals surface area contributed by atoms with Crippen LogP contribution in [-0.2, 0) is 6.42 Å². The van der Waals surface area contributed by atoms with Crippen molar-refractivity contribution >= 4 is 5.69 Å². The van der Waals surface area contributed by atoms with Crippen LogP contribution in [0.15, 0.2) is 24.3 Å². The summed E-state index contributed by atoms with van der Waals surface area (Å²) in [7, 11) is 2.27. The van der Waals surface area contributed by atoms with Crippen LogP contribution in [0.5, 0.6) is 0 Å². The van der Waals surface area contributed by atoms with Crippen LogP contribution in [0.4, 0.5) is 5.69 Å². The van der Waals surface area contributed by atoms with E-state index >= 15 is 0 Å². The normalized spacial score (nSPS) is 16.6. The molecule has 0 saturated heterocycles. The molecule has 2 heteroatoms. The quantitative estimate of drug-likeness (QED) is 0.780. The number of anilines is 1. The van der Waals surface area contributed by atoms with Gasteiger partial charge in [0, 0.05) is 12.2 Å². The minimum atomic E-state index is 0.858. The lowest BCUT2D eigenvalue weighted by atomic mass is 10.1. The lowest BCUT2D eigenvalue weighted by Crippen LogP contribution is -2.25. The lowest BCUT2D eigenvalue weighted by molar-refractivity contribution is 0.275. The summed E-state index contributed by atoms with van der Waals surface area (Å²) in [6.45, 7) is 2.50. The Morgan fingerprint density at radius 2 is 1.83 bits per heavy atom. The van der Waals surface area contributed by atoms with Gasteiger partial charge in [-0.2, -0.15) is 0 Å². The van der Waals surface area contributed by atoms with Gasteiger partial charge in [0.1, 0.15) is 0 Å². The van der Waals surface area contributed by atoms with E-state index in [1.54, 1.807) is 0 Å². The predicted molar refractivity (Wildman–Crippen MR) is 78.6 cm³/mol. The molecule has 0 heterocycles. The van der Waals surface area contributed by atoms with E-state index in [1.807, 2.05) is 12.1 Å². The van der Waals surface area contributed by atoms with Crippen molar-refractivity contribution in [3.8, 4) is 0 Å². The molecule has 1 aliphatic carbocycles. The smallest absolute Gasteiger partial charge is 0.0314 e. The van der Waals surface area contributed by atoms with Gasteiger partial charge in [-0.15, -0.1) is 0 Å². The molecule has 0 bridgehead atoms. The van der Waals surface area contributed by atoms with Gasteiger partial charge < -0.3 is 10.6 Å². The van der Waals surface area contributed by atoms with Gasteiger partial charge in [-0.25, -0.2) is 0 Å². The molecular weight excluding hydrogens is 220 g/mol. The van der Waals surface area contributed by atoms with Crippen LogP contribution in [0.1, 0.15) is 37.7 Å². The van der Waals surface area contributed by atoms with Crippen molar-refractivity contribution in [2.24, 2.45) is 5.92 Å². The minimum absolute atomic E-state index is 0.858. The molecule has 1 aromatic carbocycles. The summed E-state index contributed by atoms with van der Waals surface area (Å²) < 4.78 is 0. The van der Waals surface area contributed by atoms with Gasteiger partial charge >= 0.3 is 0 Å². The van der Waals surface area contributed by atoms with Crippen molar-refractivity contribution in [1.29, 1.82) is 0 Å². The molecule has 0 spiro atoms. The summed E-state index contributed by atoms with van der Waals surface area (Å²) in [4.78, 5) is 2.51. The van der Waals surface area contributed by atoms with E-state index < -0.39 is 0 Å². The highest BCUT2D eigenvalue weighted by molar-refractivity contribution is 5.39. The number of hydrogen-bond acceptors (Lipinski definition) is 2. The number of aryl methyl sites for hydroxylation is 1. The van der Waals surface area contributed by atoms with Gasteiger partial charge in [0.15, 0.2) is 0 Å². The summed E-state index contributed by atoms with van der Waals surface area (Å²) in [5, 5.41) is 0. The van der Waals surface area contributed by atoms with E-state index in [-0.39, 0.29) is 0 Å². The van der Waals surface area contributed by atoms with Gasteiger partial charge in [0.05, 0.1) is 0 Å². The Labute approximate surface area is 111 Å². The fourth-order valence-electron chi connectivity index (χ4n) is 2.96. The van der Waals surface area contributed by atoms with Crippen molar-refractivity contribution in [2.45, 2.75) is 38.5 Å². The molecule has 1 saturated carbocycles. The second kappa shape index (κ2) is 6.79. The Bertz CT molecular complexity index is 339. The fourth-order valence-corrected chi connectivity index (χ4v) is 2.96. The summed E-state index contributed by atoms with van der Waals surface area (Å²) in [5.41, 5.74) is 7.95. The average Bonchev–Trinajstić information content (AvgIpc) is 2.84. The summed E-state index contributed by atoms with van der Waals surface area (Å²) >= 11 is 0. The highest BCUT2D eigenvalue weighted by Crippen LogP contribution is 2.25. The first-order chi connectivity index (χ1) is 8.74. The first kappa shape index (κ1) is 13.4. The Morgan fingerprint density at radius 1 is 1.17 bits per heavy atom. The van der Waals surface area contributed by atoms with Crippen LogP contribution in [-0.4, -0.2) is 25.0 Å². The molecule has 1 fully saturated rings. The van der Waals surface area contributed by atoms with E-state index in [9.17, 15) is 0 Å². The molecule has 2 rings (SSSR count). The van der Waals surface area contributed by atoms with Gasteiger partial charge in [-0.05, 0) is 62.9 Å². The second-order valence-electron chi connectivity index (χ2n) is 5.76. The van der Waals surface area contributed by atoms with Gasteiger partial charge in [-0.3, -0.25) is 0 Å². The standard InChI is InChI=1S/C16H26N2/c1-18(13-15-5-2-3-6-15)12-4-7-14-8-10-16(17)11-9-14/h8-11,15H,2-7,12-13,17H2,1H3. The Morgan fingerprint density at radius 3 is 2.50 bits per heavy atom. The second-order valence-corrected chi connectivity index (χ2v) is 5.76. The van der Waals surface area contributed by atoms with Crippen molar-refractivity contribution in [1.82, 2.24) is 4.90 Å². The SMILES string of the molecule is CN(CCCc1ccc(N)cc1)CC1CCCC1. The molecule has 0 radical (unpaired) electrons. The van der Waals surface area contributed by atoms with Crippen LogP contribution < -0.4 is 5.73 Å². The van der Waals surface area contributed by atoms with Gasteiger partial charge in [0.2, 0.25) is 0 Å². The zero-order valence-electron chi connectivity index (χ0n) is 11.6. The lowest BCUT2D eigenvalue weighted by Gasteiger charge is -2.20. The molecule has 100 valence electrons. The molecule has 18 heavy (non-hydrogen) atoms. The topological polar surface area (TPSA) is 29.3 Å². The number of nitrogens with two attached hydrogens (primary N) is 1. The number of hydrogen-bond donors (Lipinski definition) is 1. The molecule has 0 atom stereocenters. The largest absolute Gasteiger partial charge is 0.399 e. The maximum absolute atomic E-state index is 5.69. The van der Waals surface area contributed by atoms with Gasteiger partial charge in [0.25, 0.3) is 0 Å². The molecule has 0 amide bonds. The average molecular weight is 246 g/mol. The highest BCUT2D eigenvalue weighted by Gasteiger charge is 2.16. The molecule has 0 aromatic heterocycles. The van der Waals surface area contributed by atoms with Crippen LogP contribution in [0.2, 0.25) is 0 Å². The van der Waals surface area contributed by atoms with Crippen LogP contribution in [0, 0.1) is 5.92 Å². The molecule has 1 aromatic rings. The van der Waals surface area contributed by atoms with E-state index in [1.165, 1.54) is 50.8 Å². The first-order valence-electron chi connectivity index (χ1n) is 7.27. The summed E-state index contributed by atoms with van der Waals surface area (Å²) in [5.74, 6) is 0.964. The monoisotopic (exact) mass is 246 g/mol. The van der Waals surface area contributed by atoms with Crippen LogP contribution in [0.3, 0.4) is 0 Å². The zero-order chi connectivity index (χ0) is 12.8. The third kappa shape index (κ3) is 4.34. The molecule has 0 aliphatic heterocycles. The fraction of sp³-hybridized carbons (Fsp3) is 0.625. The highest BCUT2D eigenvalue weighted by atomic mass is 15.1. The number of nitrogens with zero attached hydrogens (tertiary/aromatic N) is 1. The molecule has 0 unspecified atom stereocenters. The molecule has 2 nitrogen and oxygen atoms in total. The number of benzene rings is 1. The number of nitrogen functional groups attached to an aromatic ring is 1. The maximum atomic E-state index is 5.69. The summed E-state index contributed by atoms with van der Waals surface area (Å²) in [6.07, 6.45) is 8.20. The Hall–Kier alpha value is -1.02. The minimum Gasteiger partial charge on any atom is -0.399 e. The Kier molecular flexibility index (Phi) is 5.06. The van der Waals surface area contributed by atoms with Crippen LogP contribution in [0.25, 0.3) is 0 Å².